The van der Waals surface area contributed by atoms with E-state index in [1.165, 1.54) is 6.20 Å². The Bertz CT molecular complexity index is 795. The molecule has 1 aliphatic heterocycles. The van der Waals surface area contributed by atoms with Crippen molar-refractivity contribution >= 4 is 40.7 Å². The van der Waals surface area contributed by atoms with Crippen molar-refractivity contribution in [2.75, 3.05) is 43.5 Å². The molecule has 0 spiro atoms. The van der Waals surface area contributed by atoms with Gasteiger partial charge in [0.15, 0.2) is 11.5 Å². The van der Waals surface area contributed by atoms with E-state index in [-0.39, 0.29) is 22.3 Å². The second kappa shape index (κ2) is 10.6. The normalized spacial score (nSPS) is 16.1. The van der Waals surface area contributed by atoms with Gasteiger partial charge in [-0.3, -0.25) is 14.5 Å². The standard InChI is InChI=1S/C17H26N8O3S/c1-2-11(15(19)26)22-12-8-21-14(16(20)27)17(23-12)24-13(29)7-10(18)9-25-3-5-28-6-4-25/h7-8,11H,2-6,9,18H2,1H3,(H2,19,26)(H2,20,27)(H2,22,23,24,29)/t11-/m1/s1. The zero-order valence-electron chi connectivity index (χ0n) is 16.2. The lowest BCUT2D eigenvalue weighted by atomic mass is 10.2. The molecule has 0 saturated carbocycles. The van der Waals surface area contributed by atoms with Crippen LogP contribution in [0.2, 0.25) is 0 Å². The Labute approximate surface area is 174 Å². The number of nitrogens with one attached hydrogen (secondary N) is 2. The van der Waals surface area contributed by atoms with Crippen molar-refractivity contribution in [2.24, 2.45) is 17.2 Å². The summed E-state index contributed by atoms with van der Waals surface area (Å²) in [7, 11) is 0. The number of hydrogen-bond acceptors (Lipinski definition) is 9. The summed E-state index contributed by atoms with van der Waals surface area (Å²) in [5, 5.41) is 5.68. The van der Waals surface area contributed by atoms with Gasteiger partial charge in [-0.1, -0.05) is 19.1 Å². The van der Waals surface area contributed by atoms with Crippen LogP contribution in [0.15, 0.2) is 18.0 Å². The average molecular weight is 423 g/mol. The predicted molar refractivity (Wildman–Crippen MR) is 113 cm³/mol. The number of anilines is 2. The summed E-state index contributed by atoms with van der Waals surface area (Å²) >= 11 is 5.30. The molecule has 158 valence electrons. The molecule has 2 heterocycles. The van der Waals surface area contributed by atoms with Crippen molar-refractivity contribution in [1.29, 1.82) is 0 Å². The van der Waals surface area contributed by atoms with Crippen LogP contribution in [0.25, 0.3) is 0 Å². The van der Waals surface area contributed by atoms with Gasteiger partial charge in [0.25, 0.3) is 5.91 Å². The fourth-order valence-electron chi connectivity index (χ4n) is 2.66. The number of amides is 2. The lowest BCUT2D eigenvalue weighted by Crippen LogP contribution is -2.38. The van der Waals surface area contributed by atoms with Crippen LogP contribution in [-0.2, 0) is 9.53 Å². The Morgan fingerprint density at radius 2 is 2.03 bits per heavy atom. The molecule has 0 radical (unpaired) electrons. The predicted octanol–water partition coefficient (Wildman–Crippen LogP) is -0.835. The number of morpholine rings is 1. The summed E-state index contributed by atoms with van der Waals surface area (Å²) in [6, 6.07) is -0.632. The molecule has 2 amide bonds. The fraction of sp³-hybridized carbons (Fsp3) is 0.471. The highest BCUT2D eigenvalue weighted by Gasteiger charge is 2.18. The van der Waals surface area contributed by atoms with Gasteiger partial charge in [-0.2, -0.15) is 0 Å². The number of ether oxygens (including phenoxy) is 1. The zero-order valence-corrected chi connectivity index (χ0v) is 17.0. The number of aromatic nitrogens is 2. The van der Waals surface area contributed by atoms with Crippen LogP contribution >= 0.6 is 12.2 Å². The maximum atomic E-state index is 11.7. The Balaban J connectivity index is 2.12. The minimum atomic E-state index is -0.776. The van der Waals surface area contributed by atoms with E-state index in [0.717, 1.165) is 13.1 Å². The molecule has 12 heteroatoms. The van der Waals surface area contributed by atoms with Crippen molar-refractivity contribution in [3.8, 4) is 0 Å². The lowest BCUT2D eigenvalue weighted by molar-refractivity contribution is -0.118. The van der Waals surface area contributed by atoms with Crippen molar-refractivity contribution in [1.82, 2.24) is 14.9 Å². The molecule has 0 aromatic carbocycles. The van der Waals surface area contributed by atoms with Gasteiger partial charge in [0.1, 0.15) is 16.8 Å². The van der Waals surface area contributed by atoms with Gasteiger partial charge in [-0.25, -0.2) is 9.97 Å². The van der Waals surface area contributed by atoms with E-state index in [9.17, 15) is 9.59 Å². The van der Waals surface area contributed by atoms with Crippen LogP contribution in [0.1, 0.15) is 23.8 Å². The van der Waals surface area contributed by atoms with Crippen molar-refractivity contribution < 1.29 is 14.3 Å². The molecule has 2 rings (SSSR count). The number of rotatable bonds is 9. The topological polar surface area (TPSA) is 175 Å². The van der Waals surface area contributed by atoms with E-state index in [1.807, 2.05) is 0 Å². The van der Waals surface area contributed by atoms with E-state index in [2.05, 4.69) is 25.5 Å². The van der Waals surface area contributed by atoms with Crippen LogP contribution in [0.5, 0.6) is 0 Å². The summed E-state index contributed by atoms with van der Waals surface area (Å²) in [4.78, 5) is 33.7. The molecule has 1 saturated heterocycles. The SMILES string of the molecule is CC[C@@H](Nc1cnc(C(N)=O)c(NC(=S)C=C(N)CN2CCOCC2)n1)C(N)=O. The van der Waals surface area contributed by atoms with E-state index in [1.54, 1.807) is 13.0 Å². The molecular weight excluding hydrogens is 396 g/mol. The first-order valence-corrected chi connectivity index (χ1v) is 9.50. The first-order chi connectivity index (χ1) is 13.8. The third-order valence-corrected chi connectivity index (χ3v) is 4.37. The molecule has 0 aliphatic carbocycles. The van der Waals surface area contributed by atoms with E-state index >= 15 is 0 Å². The number of thiocarbonyl (C=S) groups is 1. The molecule has 0 unspecified atom stereocenters. The molecule has 1 aromatic rings. The van der Waals surface area contributed by atoms with Crippen LogP contribution in [0, 0.1) is 0 Å². The summed E-state index contributed by atoms with van der Waals surface area (Å²) < 4.78 is 5.30. The number of carbonyl (C=O) groups is 2. The molecular formula is C17H26N8O3S. The monoisotopic (exact) mass is 422 g/mol. The van der Waals surface area contributed by atoms with Crippen LogP contribution in [0.4, 0.5) is 11.6 Å². The minimum Gasteiger partial charge on any atom is -0.401 e. The molecule has 1 aliphatic rings. The molecule has 1 aromatic heterocycles. The second-order valence-corrected chi connectivity index (χ2v) is 6.86. The molecule has 1 fully saturated rings. The highest BCUT2D eigenvalue weighted by molar-refractivity contribution is 7.81. The van der Waals surface area contributed by atoms with Gasteiger partial charge in [0.05, 0.1) is 19.4 Å². The highest BCUT2D eigenvalue weighted by Crippen LogP contribution is 2.15. The van der Waals surface area contributed by atoms with Gasteiger partial charge >= 0.3 is 0 Å². The third-order valence-electron chi connectivity index (χ3n) is 4.15. The molecule has 0 bridgehead atoms. The Morgan fingerprint density at radius 3 is 2.62 bits per heavy atom. The molecule has 29 heavy (non-hydrogen) atoms. The Kier molecular flexibility index (Phi) is 8.24. The van der Waals surface area contributed by atoms with Crippen LogP contribution in [-0.4, -0.2) is 70.6 Å². The van der Waals surface area contributed by atoms with Crippen molar-refractivity contribution in [2.45, 2.75) is 19.4 Å². The Morgan fingerprint density at radius 1 is 1.34 bits per heavy atom. The van der Waals surface area contributed by atoms with Crippen molar-refractivity contribution in [3.63, 3.8) is 0 Å². The Hall–Kier alpha value is -2.83. The molecule has 8 N–H and O–H groups in total. The highest BCUT2D eigenvalue weighted by atomic mass is 32.1. The second-order valence-electron chi connectivity index (χ2n) is 6.42. The minimum absolute atomic E-state index is 0.0576. The molecule has 11 nitrogen and oxygen atoms in total. The number of nitrogens with two attached hydrogens (primary N) is 3. The maximum Gasteiger partial charge on any atom is 0.271 e. The number of primary amides is 2. The summed E-state index contributed by atoms with van der Waals surface area (Å²) in [5.41, 5.74) is 17.2. The van der Waals surface area contributed by atoms with E-state index in [0.29, 0.717) is 31.9 Å². The largest absolute Gasteiger partial charge is 0.401 e. The number of nitrogens with zero attached hydrogens (tertiary/aromatic N) is 3. The zero-order chi connectivity index (χ0) is 21.4. The van der Waals surface area contributed by atoms with E-state index < -0.39 is 17.9 Å². The van der Waals surface area contributed by atoms with Gasteiger partial charge in [0, 0.05) is 25.3 Å². The third kappa shape index (κ3) is 6.93. The summed E-state index contributed by atoms with van der Waals surface area (Å²) in [5.74, 6) is -1.00. The smallest absolute Gasteiger partial charge is 0.271 e. The van der Waals surface area contributed by atoms with Gasteiger partial charge in [0.2, 0.25) is 5.91 Å². The average Bonchev–Trinajstić information content (AvgIpc) is 2.66. The quantitative estimate of drug-likeness (QED) is 0.249. The van der Waals surface area contributed by atoms with E-state index in [4.69, 9.17) is 34.2 Å². The number of carbonyl (C=O) groups excluding carboxylic acids is 2. The summed E-state index contributed by atoms with van der Waals surface area (Å²) in [6.45, 7) is 5.24. The number of hydrogen-bond donors (Lipinski definition) is 5. The lowest BCUT2D eigenvalue weighted by Gasteiger charge is -2.26. The maximum absolute atomic E-state index is 11.7. The van der Waals surface area contributed by atoms with Crippen LogP contribution < -0.4 is 27.8 Å². The van der Waals surface area contributed by atoms with Crippen LogP contribution in [0.3, 0.4) is 0 Å². The van der Waals surface area contributed by atoms with Gasteiger partial charge in [-0.05, 0) is 12.5 Å². The van der Waals surface area contributed by atoms with Gasteiger partial charge < -0.3 is 32.6 Å². The molecule has 1 atom stereocenters. The summed E-state index contributed by atoms with van der Waals surface area (Å²) in [6.07, 6.45) is 3.33. The first kappa shape index (κ1) is 22.5. The first-order valence-electron chi connectivity index (χ1n) is 9.10. The fourth-order valence-corrected chi connectivity index (χ4v) is 2.91. The van der Waals surface area contributed by atoms with Crippen molar-refractivity contribution in [3.05, 3.63) is 23.7 Å². The van der Waals surface area contributed by atoms with Gasteiger partial charge in [-0.15, -0.1) is 0 Å².